The maximum atomic E-state index is 12.0. The van der Waals surface area contributed by atoms with Gasteiger partial charge in [0.2, 0.25) is 0 Å². The predicted molar refractivity (Wildman–Crippen MR) is 148 cm³/mol. The third kappa shape index (κ3) is 4.40. The van der Waals surface area contributed by atoms with E-state index < -0.39 is 37.0 Å². The number of esters is 1. The van der Waals surface area contributed by atoms with Crippen LogP contribution in [0.4, 0.5) is 0 Å². The molecule has 6 aliphatic rings. The lowest BCUT2D eigenvalue weighted by Crippen LogP contribution is -2.65. The van der Waals surface area contributed by atoms with Crippen LogP contribution in [0.5, 0.6) is 0 Å². The van der Waals surface area contributed by atoms with E-state index in [2.05, 4.69) is 19.9 Å². The number of carbonyl (C=O) groups is 1. The number of rotatable bonds is 5. The number of ether oxygens (including phenoxy) is 5. The van der Waals surface area contributed by atoms with Crippen molar-refractivity contribution in [3.05, 3.63) is 23.3 Å². The van der Waals surface area contributed by atoms with Gasteiger partial charge >= 0.3 is 5.97 Å². The summed E-state index contributed by atoms with van der Waals surface area (Å²) >= 11 is 0. The number of allylic oxidation sites excluding steroid dienone is 1. The van der Waals surface area contributed by atoms with Crippen molar-refractivity contribution in [2.45, 2.75) is 127 Å². The van der Waals surface area contributed by atoms with E-state index in [1.54, 1.807) is 14.0 Å². The fraction of sp³-hybridized carbons (Fsp3) is 0.844. The third-order valence-corrected chi connectivity index (χ3v) is 12.3. The van der Waals surface area contributed by atoms with Gasteiger partial charge < -0.3 is 39.0 Å². The summed E-state index contributed by atoms with van der Waals surface area (Å²) in [5.74, 6) is 0.996. The van der Waals surface area contributed by atoms with Crippen molar-refractivity contribution in [3.63, 3.8) is 0 Å². The lowest BCUT2D eigenvalue weighted by atomic mass is 9.44. The van der Waals surface area contributed by atoms with Crippen LogP contribution in [-0.4, -0.2) is 84.2 Å². The Morgan fingerprint density at radius 1 is 1.02 bits per heavy atom. The summed E-state index contributed by atoms with van der Waals surface area (Å²) in [7, 11) is 3.12. The van der Waals surface area contributed by atoms with E-state index in [9.17, 15) is 20.1 Å². The quantitative estimate of drug-likeness (QED) is 0.334. The molecule has 2 bridgehead atoms. The second kappa shape index (κ2) is 10.7. The molecule has 230 valence electrons. The molecule has 2 heterocycles. The van der Waals surface area contributed by atoms with Crippen LogP contribution in [0.1, 0.15) is 78.6 Å². The number of hydrogen-bond acceptors (Lipinski definition) is 9. The number of hydrogen-bond donors (Lipinski definition) is 3. The van der Waals surface area contributed by atoms with Gasteiger partial charge in [0.05, 0.1) is 31.3 Å². The Hall–Kier alpha value is -1.33. The van der Waals surface area contributed by atoms with Gasteiger partial charge in [-0.25, -0.2) is 0 Å². The molecule has 0 aromatic rings. The molecule has 41 heavy (non-hydrogen) atoms. The highest BCUT2D eigenvalue weighted by Gasteiger charge is 2.71. The van der Waals surface area contributed by atoms with Crippen molar-refractivity contribution in [1.82, 2.24) is 0 Å². The van der Waals surface area contributed by atoms with E-state index in [0.717, 1.165) is 56.9 Å². The van der Waals surface area contributed by atoms with Gasteiger partial charge in [0.1, 0.15) is 18.3 Å². The van der Waals surface area contributed by atoms with E-state index in [1.165, 1.54) is 12.7 Å². The summed E-state index contributed by atoms with van der Waals surface area (Å²) in [6.45, 7) is 6.51. The predicted octanol–water partition coefficient (Wildman–Crippen LogP) is 3.39. The molecule has 9 nitrogen and oxygen atoms in total. The van der Waals surface area contributed by atoms with Crippen LogP contribution in [-0.2, 0) is 28.5 Å². The SMILES string of the molecule is COC(=O)C/C=C1/[C@@H](OC)O[C@]23CC[C@H]1[C@@]2(C)CC[C@H]1[C@H]3CCC2=C[C@@H](O[C@@H]3O[C@@H](C)[C@H](O)[C@@H](O)[C@H]3O)CC[C@@]21C. The first-order valence-electron chi connectivity index (χ1n) is 15.5. The largest absolute Gasteiger partial charge is 0.469 e. The Morgan fingerprint density at radius 3 is 2.54 bits per heavy atom. The molecule has 0 amide bonds. The lowest BCUT2D eigenvalue weighted by Gasteiger charge is -2.65. The van der Waals surface area contributed by atoms with Crippen molar-refractivity contribution in [3.8, 4) is 0 Å². The molecule has 0 spiro atoms. The highest BCUT2D eigenvalue weighted by Crippen LogP contribution is 2.72. The third-order valence-electron chi connectivity index (χ3n) is 12.3. The highest BCUT2D eigenvalue weighted by atomic mass is 16.7. The minimum Gasteiger partial charge on any atom is -0.469 e. The molecule has 0 aromatic heterocycles. The summed E-state index contributed by atoms with van der Waals surface area (Å²) in [6, 6.07) is 0. The first-order chi connectivity index (χ1) is 19.5. The molecule has 3 saturated carbocycles. The van der Waals surface area contributed by atoms with Crippen LogP contribution in [0.2, 0.25) is 0 Å². The normalized spacial score (nSPS) is 51.8. The van der Waals surface area contributed by atoms with Gasteiger partial charge in [0.25, 0.3) is 0 Å². The fourth-order valence-corrected chi connectivity index (χ4v) is 9.99. The molecule has 0 aromatic carbocycles. The zero-order chi connectivity index (χ0) is 29.3. The second-order valence-electron chi connectivity index (χ2n) is 13.9. The average molecular weight is 577 g/mol. The molecule has 3 N–H and O–H groups in total. The molecule has 13 atom stereocenters. The molecule has 5 fully saturated rings. The molecular weight excluding hydrogens is 528 g/mol. The van der Waals surface area contributed by atoms with E-state index in [0.29, 0.717) is 17.8 Å². The summed E-state index contributed by atoms with van der Waals surface area (Å²) in [5, 5.41) is 30.8. The molecular formula is C32H48O9. The van der Waals surface area contributed by atoms with Crippen LogP contribution in [0, 0.1) is 28.6 Å². The highest BCUT2D eigenvalue weighted by molar-refractivity contribution is 5.71. The Bertz CT molecular complexity index is 1090. The summed E-state index contributed by atoms with van der Waals surface area (Å²) < 4.78 is 29.8. The minimum atomic E-state index is -1.30. The Morgan fingerprint density at radius 2 is 1.80 bits per heavy atom. The lowest BCUT2D eigenvalue weighted by molar-refractivity contribution is -0.302. The summed E-state index contributed by atoms with van der Waals surface area (Å²) in [4.78, 5) is 12.0. The van der Waals surface area contributed by atoms with Gasteiger partial charge in [0, 0.05) is 12.5 Å². The topological polar surface area (TPSA) is 124 Å². The Kier molecular flexibility index (Phi) is 7.75. The van der Waals surface area contributed by atoms with E-state index in [4.69, 9.17) is 23.7 Å². The Labute approximate surface area is 243 Å². The first-order valence-corrected chi connectivity index (χ1v) is 15.5. The van der Waals surface area contributed by atoms with Gasteiger partial charge in [-0.2, -0.15) is 0 Å². The van der Waals surface area contributed by atoms with Gasteiger partial charge in [0.15, 0.2) is 12.6 Å². The minimum absolute atomic E-state index is 0.000403. The second-order valence-corrected chi connectivity index (χ2v) is 13.9. The first kappa shape index (κ1) is 29.7. The Balaban J connectivity index is 1.23. The van der Waals surface area contributed by atoms with Crippen LogP contribution in [0.15, 0.2) is 23.3 Å². The number of aliphatic hydroxyl groups is 3. The van der Waals surface area contributed by atoms with Gasteiger partial charge in [-0.15, -0.1) is 0 Å². The van der Waals surface area contributed by atoms with Crippen LogP contribution < -0.4 is 0 Å². The zero-order valence-corrected chi connectivity index (χ0v) is 25.1. The van der Waals surface area contributed by atoms with E-state index >= 15 is 0 Å². The van der Waals surface area contributed by atoms with Crippen molar-refractivity contribution in [2.75, 3.05) is 14.2 Å². The van der Waals surface area contributed by atoms with Gasteiger partial charge in [-0.05, 0) is 87.0 Å². The number of methoxy groups -OCH3 is 2. The van der Waals surface area contributed by atoms with Crippen molar-refractivity contribution in [2.24, 2.45) is 28.6 Å². The van der Waals surface area contributed by atoms with Crippen LogP contribution >= 0.6 is 0 Å². The van der Waals surface area contributed by atoms with E-state index in [-0.39, 0.29) is 34.9 Å². The molecule has 2 aliphatic heterocycles. The van der Waals surface area contributed by atoms with Crippen LogP contribution in [0.3, 0.4) is 0 Å². The van der Waals surface area contributed by atoms with Crippen LogP contribution in [0.25, 0.3) is 0 Å². The standard InChI is InChI=1S/C32H48O9/c1-17-25(34)26(35)27(36)29(39-17)40-19-10-13-30(2)18(16-19)6-8-23-22(30)11-14-31(3)21-12-15-32(23,31)41-28(38-5)20(21)7-9-24(33)37-4/h7,16-17,19,21-23,25-29,34-36H,6,8-15H2,1-5H3/b20-7+/t17-,19-,21+,22-,23+,25-,26+,27+,28-,29-,30-,31+,32-/m0/s1. The molecule has 0 radical (unpaired) electrons. The van der Waals surface area contributed by atoms with Crippen molar-refractivity contribution in [1.29, 1.82) is 0 Å². The molecule has 9 heteroatoms. The summed E-state index contributed by atoms with van der Waals surface area (Å²) in [6.07, 6.45) is 6.56. The molecule has 2 saturated heterocycles. The van der Waals surface area contributed by atoms with Crippen molar-refractivity contribution >= 4 is 5.97 Å². The fourth-order valence-electron chi connectivity index (χ4n) is 9.99. The van der Waals surface area contributed by atoms with Gasteiger partial charge in [-0.1, -0.05) is 31.6 Å². The smallest absolute Gasteiger partial charge is 0.309 e. The zero-order valence-electron chi connectivity index (χ0n) is 25.1. The molecule has 0 unspecified atom stereocenters. The summed E-state index contributed by atoms with van der Waals surface area (Å²) in [5.41, 5.74) is 2.31. The number of fused-ring (bicyclic) bond motifs is 3. The van der Waals surface area contributed by atoms with E-state index in [1.807, 2.05) is 6.08 Å². The maximum absolute atomic E-state index is 12.0. The monoisotopic (exact) mass is 576 g/mol. The average Bonchev–Trinajstić information content (AvgIpc) is 3.14. The molecule has 4 aliphatic carbocycles. The number of carbonyl (C=O) groups excluding carboxylic acids is 1. The maximum Gasteiger partial charge on any atom is 0.309 e. The van der Waals surface area contributed by atoms with Crippen molar-refractivity contribution < 1.29 is 43.8 Å². The number of aliphatic hydroxyl groups excluding tert-OH is 3. The van der Waals surface area contributed by atoms with Gasteiger partial charge in [-0.3, -0.25) is 4.79 Å². The molecule has 6 rings (SSSR count).